The first-order valence-corrected chi connectivity index (χ1v) is 9.34. The van der Waals surface area contributed by atoms with Crippen LogP contribution in [0.25, 0.3) is 0 Å². The van der Waals surface area contributed by atoms with Crippen LogP contribution in [-0.2, 0) is 10.0 Å². The molecule has 0 aliphatic carbocycles. The zero-order valence-corrected chi connectivity index (χ0v) is 13.7. The molecule has 3 unspecified atom stereocenters. The Kier molecular flexibility index (Phi) is 6.77. The van der Waals surface area contributed by atoms with Crippen LogP contribution >= 0.6 is 0 Å². The van der Waals surface area contributed by atoms with E-state index in [-0.39, 0.29) is 0 Å². The number of sulfonamides is 1. The lowest BCUT2D eigenvalue weighted by Gasteiger charge is -2.33. The highest BCUT2D eigenvalue weighted by Crippen LogP contribution is 2.25. The molecule has 0 spiro atoms. The van der Waals surface area contributed by atoms with E-state index < -0.39 is 10.0 Å². The summed E-state index contributed by atoms with van der Waals surface area (Å²) >= 11 is 0. The second-order valence-corrected chi connectivity index (χ2v) is 8.08. The zero-order valence-electron chi connectivity index (χ0n) is 12.9. The van der Waals surface area contributed by atoms with Crippen LogP contribution in [0.3, 0.4) is 0 Å². The minimum absolute atomic E-state index is 0.505. The second kappa shape index (κ2) is 7.60. The molecule has 0 aromatic carbocycles. The van der Waals surface area contributed by atoms with Crippen LogP contribution in [-0.4, -0.2) is 45.2 Å². The number of nitrogens with one attached hydrogen (secondary N) is 1. The summed E-state index contributed by atoms with van der Waals surface area (Å²) in [6.45, 7) is 5.92. The Morgan fingerprint density at radius 3 is 2.63 bits per heavy atom. The van der Waals surface area contributed by atoms with Crippen molar-refractivity contribution >= 4 is 10.0 Å². The molecule has 3 atom stereocenters. The lowest BCUT2D eigenvalue weighted by atomic mass is 9.88. The van der Waals surface area contributed by atoms with Crippen molar-refractivity contribution in [1.29, 1.82) is 0 Å². The third kappa shape index (κ3) is 5.79. The van der Waals surface area contributed by atoms with Crippen molar-refractivity contribution in [2.45, 2.75) is 52.0 Å². The molecule has 4 nitrogen and oxygen atoms in total. The summed E-state index contributed by atoms with van der Waals surface area (Å²) in [6, 6.07) is 0.513. The molecule has 1 N–H and O–H groups in total. The van der Waals surface area contributed by atoms with E-state index in [0.717, 1.165) is 25.2 Å². The molecule has 0 radical (unpaired) electrons. The minimum Gasteiger partial charge on any atom is -0.317 e. The lowest BCUT2D eigenvalue weighted by molar-refractivity contribution is 0.230. The fourth-order valence-corrected chi connectivity index (χ4v) is 3.85. The molecular weight excluding hydrogens is 260 g/mol. The fraction of sp³-hybridized carbons (Fsp3) is 1.00. The molecule has 1 fully saturated rings. The van der Waals surface area contributed by atoms with Crippen LogP contribution in [0.15, 0.2) is 0 Å². The first-order chi connectivity index (χ1) is 8.86. The Balaban J connectivity index is 2.50. The van der Waals surface area contributed by atoms with Gasteiger partial charge in [-0.15, -0.1) is 0 Å². The number of hydrogen-bond acceptors (Lipinski definition) is 3. The van der Waals surface area contributed by atoms with Crippen LogP contribution in [0, 0.1) is 11.8 Å². The first kappa shape index (κ1) is 16.9. The molecular formula is C14H30N2O2S. The van der Waals surface area contributed by atoms with Crippen LogP contribution in [0.5, 0.6) is 0 Å². The molecule has 0 aromatic heterocycles. The molecule has 1 aliphatic heterocycles. The molecule has 114 valence electrons. The number of piperidine rings is 1. The van der Waals surface area contributed by atoms with Gasteiger partial charge in [-0.1, -0.05) is 20.3 Å². The van der Waals surface area contributed by atoms with E-state index in [2.05, 4.69) is 19.2 Å². The predicted molar refractivity (Wildman–Crippen MR) is 80.7 cm³/mol. The average Bonchev–Trinajstić information content (AvgIpc) is 2.37. The van der Waals surface area contributed by atoms with Gasteiger partial charge in [0.15, 0.2) is 0 Å². The lowest BCUT2D eigenvalue weighted by Crippen LogP contribution is -2.41. The predicted octanol–water partition coefficient (Wildman–Crippen LogP) is 2.07. The van der Waals surface area contributed by atoms with E-state index in [1.165, 1.54) is 19.1 Å². The molecule has 1 aliphatic rings. The summed E-state index contributed by atoms with van der Waals surface area (Å²) in [5.74, 6) is 1.23. The van der Waals surface area contributed by atoms with Crippen molar-refractivity contribution in [3.63, 3.8) is 0 Å². The monoisotopic (exact) mass is 290 g/mol. The van der Waals surface area contributed by atoms with E-state index in [0.29, 0.717) is 25.0 Å². The molecule has 0 saturated carbocycles. The van der Waals surface area contributed by atoms with Gasteiger partial charge in [0.2, 0.25) is 10.0 Å². The molecule has 1 rings (SSSR count). The minimum atomic E-state index is -3.02. The van der Waals surface area contributed by atoms with Gasteiger partial charge in [0.25, 0.3) is 0 Å². The van der Waals surface area contributed by atoms with Crippen molar-refractivity contribution in [2.24, 2.45) is 11.8 Å². The molecule has 5 heteroatoms. The molecule has 1 saturated heterocycles. The molecule has 0 aromatic rings. The average molecular weight is 290 g/mol. The highest BCUT2D eigenvalue weighted by atomic mass is 32.2. The highest BCUT2D eigenvalue weighted by molar-refractivity contribution is 7.88. The summed E-state index contributed by atoms with van der Waals surface area (Å²) in [5.41, 5.74) is 0. The summed E-state index contributed by atoms with van der Waals surface area (Å²) in [6.07, 6.45) is 6.96. The Morgan fingerprint density at radius 2 is 2.11 bits per heavy atom. The molecule has 1 heterocycles. The Morgan fingerprint density at radius 1 is 1.42 bits per heavy atom. The van der Waals surface area contributed by atoms with Gasteiger partial charge in [-0.25, -0.2) is 12.7 Å². The molecule has 19 heavy (non-hydrogen) atoms. The smallest absolute Gasteiger partial charge is 0.211 e. The van der Waals surface area contributed by atoms with Gasteiger partial charge in [0.1, 0.15) is 0 Å². The SMILES string of the molecule is CCC(C)CC(CC1CCCN(S(C)(=O)=O)C1)NC. The van der Waals surface area contributed by atoms with Crippen molar-refractivity contribution in [3.05, 3.63) is 0 Å². The Hall–Kier alpha value is -0.130. The second-order valence-electron chi connectivity index (χ2n) is 6.10. The normalized spacial score (nSPS) is 25.2. The zero-order chi connectivity index (χ0) is 14.5. The highest BCUT2D eigenvalue weighted by Gasteiger charge is 2.27. The van der Waals surface area contributed by atoms with Gasteiger partial charge in [0, 0.05) is 19.1 Å². The van der Waals surface area contributed by atoms with Crippen LogP contribution in [0.1, 0.15) is 46.0 Å². The Bertz CT molecular complexity index is 356. The summed E-state index contributed by atoms with van der Waals surface area (Å²) in [4.78, 5) is 0. The maximum absolute atomic E-state index is 11.6. The number of nitrogens with zero attached hydrogens (tertiary/aromatic N) is 1. The van der Waals surface area contributed by atoms with Crippen molar-refractivity contribution in [3.8, 4) is 0 Å². The van der Waals surface area contributed by atoms with Crippen LogP contribution in [0.4, 0.5) is 0 Å². The van der Waals surface area contributed by atoms with Gasteiger partial charge in [0.05, 0.1) is 6.26 Å². The summed E-state index contributed by atoms with van der Waals surface area (Å²) in [7, 11) is -0.998. The van der Waals surface area contributed by atoms with E-state index >= 15 is 0 Å². The Labute approximate surface area is 119 Å². The van der Waals surface area contributed by atoms with Gasteiger partial charge in [-0.3, -0.25) is 0 Å². The topological polar surface area (TPSA) is 49.4 Å². The third-order valence-electron chi connectivity index (χ3n) is 4.36. The summed E-state index contributed by atoms with van der Waals surface area (Å²) < 4.78 is 24.9. The standard InChI is InChI=1S/C14H30N2O2S/c1-5-12(2)9-14(15-3)10-13-7-6-8-16(11-13)19(4,17)18/h12-15H,5-11H2,1-4H3. The van der Waals surface area contributed by atoms with Crippen LogP contribution < -0.4 is 5.32 Å². The van der Waals surface area contributed by atoms with Crippen molar-refractivity contribution in [2.75, 3.05) is 26.4 Å². The molecule has 0 amide bonds. The van der Waals surface area contributed by atoms with Gasteiger partial charge in [-0.2, -0.15) is 0 Å². The van der Waals surface area contributed by atoms with E-state index in [9.17, 15) is 8.42 Å². The largest absolute Gasteiger partial charge is 0.317 e. The fourth-order valence-electron chi connectivity index (χ4n) is 2.91. The number of hydrogen-bond donors (Lipinski definition) is 1. The third-order valence-corrected chi connectivity index (χ3v) is 5.63. The van der Waals surface area contributed by atoms with Crippen molar-refractivity contribution < 1.29 is 8.42 Å². The molecule has 0 bridgehead atoms. The van der Waals surface area contributed by atoms with Crippen molar-refractivity contribution in [1.82, 2.24) is 9.62 Å². The van der Waals surface area contributed by atoms with Gasteiger partial charge in [-0.05, 0) is 44.6 Å². The van der Waals surface area contributed by atoms with Gasteiger partial charge < -0.3 is 5.32 Å². The first-order valence-electron chi connectivity index (χ1n) is 7.49. The van der Waals surface area contributed by atoms with Gasteiger partial charge >= 0.3 is 0 Å². The summed E-state index contributed by atoms with van der Waals surface area (Å²) in [5, 5.41) is 3.40. The van der Waals surface area contributed by atoms with E-state index in [1.807, 2.05) is 7.05 Å². The van der Waals surface area contributed by atoms with E-state index in [4.69, 9.17) is 0 Å². The number of rotatable bonds is 7. The quantitative estimate of drug-likeness (QED) is 0.781. The van der Waals surface area contributed by atoms with E-state index in [1.54, 1.807) is 4.31 Å². The maximum atomic E-state index is 11.6. The maximum Gasteiger partial charge on any atom is 0.211 e. The van der Waals surface area contributed by atoms with Crippen LogP contribution in [0.2, 0.25) is 0 Å².